The molecule has 1 saturated heterocycles. The number of nitrogens with zero attached hydrogens (tertiary/aromatic N) is 2. The number of hydrogen-bond donors (Lipinski definition) is 1. The van der Waals surface area contributed by atoms with E-state index in [1.54, 1.807) is 12.1 Å². The van der Waals surface area contributed by atoms with Crippen LogP contribution in [0.3, 0.4) is 0 Å². The summed E-state index contributed by atoms with van der Waals surface area (Å²) < 4.78 is 14.2. The van der Waals surface area contributed by atoms with Gasteiger partial charge in [0.2, 0.25) is 0 Å². The molecular formula is C16H22FN3. The van der Waals surface area contributed by atoms with Crippen LogP contribution in [0, 0.1) is 17.1 Å². The second kappa shape index (κ2) is 6.83. The Kier molecular flexibility index (Phi) is 5.11. The molecule has 108 valence electrons. The Morgan fingerprint density at radius 3 is 2.85 bits per heavy atom. The first-order valence-electron chi connectivity index (χ1n) is 7.34. The minimum atomic E-state index is -0.364. The molecule has 0 bridgehead atoms. The number of halogens is 1. The maximum atomic E-state index is 14.2. The summed E-state index contributed by atoms with van der Waals surface area (Å²) in [6, 6.07) is 7.89. The Morgan fingerprint density at radius 2 is 2.20 bits per heavy atom. The molecule has 2 atom stereocenters. The number of benzene rings is 1. The first kappa shape index (κ1) is 15.0. The van der Waals surface area contributed by atoms with Gasteiger partial charge in [0.1, 0.15) is 11.9 Å². The van der Waals surface area contributed by atoms with Crippen LogP contribution < -0.4 is 5.32 Å². The molecule has 1 N–H and O–H groups in total. The molecular weight excluding hydrogens is 253 g/mol. The van der Waals surface area contributed by atoms with Gasteiger partial charge < -0.3 is 5.32 Å². The molecule has 2 rings (SSSR count). The van der Waals surface area contributed by atoms with E-state index < -0.39 is 0 Å². The zero-order valence-corrected chi connectivity index (χ0v) is 12.2. The van der Waals surface area contributed by atoms with Crippen molar-refractivity contribution in [3.63, 3.8) is 0 Å². The van der Waals surface area contributed by atoms with Crippen LogP contribution in [0.2, 0.25) is 0 Å². The van der Waals surface area contributed by atoms with Crippen LogP contribution in [-0.2, 0) is 6.54 Å². The SMILES string of the molecule is CCC1CN(Cc2cccc(C#N)c2F)C(CC)CN1. The fraction of sp³-hybridized carbons (Fsp3) is 0.562. The fourth-order valence-corrected chi connectivity index (χ4v) is 2.81. The molecule has 20 heavy (non-hydrogen) atoms. The Bertz CT molecular complexity index is 495. The van der Waals surface area contributed by atoms with Crippen molar-refractivity contribution < 1.29 is 4.39 Å². The number of hydrogen-bond acceptors (Lipinski definition) is 3. The molecule has 0 aromatic heterocycles. The summed E-state index contributed by atoms with van der Waals surface area (Å²) in [5, 5.41) is 12.4. The lowest BCUT2D eigenvalue weighted by Gasteiger charge is -2.40. The molecule has 4 heteroatoms. The Labute approximate surface area is 120 Å². The van der Waals surface area contributed by atoms with Crippen molar-refractivity contribution in [2.45, 2.75) is 45.3 Å². The van der Waals surface area contributed by atoms with Gasteiger partial charge in [-0.15, -0.1) is 0 Å². The van der Waals surface area contributed by atoms with E-state index in [9.17, 15) is 4.39 Å². The molecule has 1 aromatic rings. The topological polar surface area (TPSA) is 39.1 Å². The van der Waals surface area contributed by atoms with Crippen LogP contribution in [0.5, 0.6) is 0 Å². The van der Waals surface area contributed by atoms with E-state index in [1.807, 2.05) is 6.07 Å². The number of nitriles is 1. The number of nitrogens with one attached hydrogen (secondary N) is 1. The van der Waals surface area contributed by atoms with Gasteiger partial charge in [-0.1, -0.05) is 26.0 Å². The summed E-state index contributed by atoms with van der Waals surface area (Å²) in [5.41, 5.74) is 0.761. The van der Waals surface area contributed by atoms with Gasteiger partial charge in [0.25, 0.3) is 0 Å². The summed E-state index contributed by atoms with van der Waals surface area (Å²) in [6.45, 7) is 6.80. The molecule has 1 fully saturated rings. The third-order valence-electron chi connectivity index (χ3n) is 4.15. The van der Waals surface area contributed by atoms with Gasteiger partial charge in [-0.2, -0.15) is 5.26 Å². The first-order valence-corrected chi connectivity index (χ1v) is 7.34. The van der Waals surface area contributed by atoms with E-state index in [0.29, 0.717) is 24.2 Å². The van der Waals surface area contributed by atoms with Crippen LogP contribution in [-0.4, -0.2) is 30.1 Å². The molecule has 0 spiro atoms. The second-order valence-corrected chi connectivity index (χ2v) is 5.40. The van der Waals surface area contributed by atoms with E-state index in [2.05, 4.69) is 24.1 Å². The predicted molar refractivity (Wildman–Crippen MR) is 77.7 cm³/mol. The van der Waals surface area contributed by atoms with Crippen LogP contribution >= 0.6 is 0 Å². The van der Waals surface area contributed by atoms with Gasteiger partial charge in [0.15, 0.2) is 0 Å². The van der Waals surface area contributed by atoms with Crippen molar-refractivity contribution >= 4 is 0 Å². The van der Waals surface area contributed by atoms with Gasteiger partial charge in [0.05, 0.1) is 5.56 Å². The average molecular weight is 275 g/mol. The van der Waals surface area contributed by atoms with Crippen molar-refractivity contribution in [3.05, 3.63) is 35.1 Å². The van der Waals surface area contributed by atoms with Crippen molar-refractivity contribution in [2.75, 3.05) is 13.1 Å². The largest absolute Gasteiger partial charge is 0.311 e. The average Bonchev–Trinajstić information content (AvgIpc) is 2.49. The Balaban J connectivity index is 2.16. The lowest BCUT2D eigenvalue weighted by atomic mass is 10.0. The first-order chi connectivity index (χ1) is 9.69. The van der Waals surface area contributed by atoms with Gasteiger partial charge >= 0.3 is 0 Å². The maximum absolute atomic E-state index is 14.2. The monoisotopic (exact) mass is 275 g/mol. The van der Waals surface area contributed by atoms with E-state index in [4.69, 9.17) is 5.26 Å². The molecule has 0 aliphatic carbocycles. The Hall–Kier alpha value is -1.44. The van der Waals surface area contributed by atoms with E-state index in [-0.39, 0.29) is 11.4 Å². The summed E-state index contributed by atoms with van der Waals surface area (Å²) >= 11 is 0. The van der Waals surface area contributed by atoms with Crippen LogP contribution in [0.25, 0.3) is 0 Å². The standard InChI is InChI=1S/C16H22FN3/c1-3-14-11-20(15(4-2)9-19-14)10-13-7-5-6-12(8-18)16(13)17/h5-7,14-15,19H,3-4,9-11H2,1-2H3. The zero-order chi connectivity index (χ0) is 14.5. The van der Waals surface area contributed by atoms with E-state index in [0.717, 1.165) is 25.9 Å². The van der Waals surface area contributed by atoms with Crippen LogP contribution in [0.4, 0.5) is 4.39 Å². The molecule has 3 nitrogen and oxygen atoms in total. The van der Waals surface area contributed by atoms with Crippen LogP contribution in [0.15, 0.2) is 18.2 Å². The lowest BCUT2D eigenvalue weighted by molar-refractivity contribution is 0.116. The number of piperazine rings is 1. The fourth-order valence-electron chi connectivity index (χ4n) is 2.81. The van der Waals surface area contributed by atoms with E-state index in [1.165, 1.54) is 6.07 Å². The van der Waals surface area contributed by atoms with Crippen molar-refractivity contribution in [1.29, 1.82) is 5.26 Å². The van der Waals surface area contributed by atoms with Gasteiger partial charge in [-0.25, -0.2) is 4.39 Å². The lowest BCUT2D eigenvalue weighted by Crippen LogP contribution is -2.55. The molecule has 0 radical (unpaired) electrons. The smallest absolute Gasteiger partial charge is 0.145 e. The van der Waals surface area contributed by atoms with Crippen molar-refractivity contribution in [2.24, 2.45) is 0 Å². The quantitative estimate of drug-likeness (QED) is 0.918. The highest BCUT2D eigenvalue weighted by Crippen LogP contribution is 2.19. The molecule has 1 aromatic carbocycles. The summed E-state index contributed by atoms with van der Waals surface area (Å²) in [6.07, 6.45) is 2.12. The predicted octanol–water partition coefficient (Wildman–Crippen LogP) is 2.66. The van der Waals surface area contributed by atoms with E-state index >= 15 is 0 Å². The van der Waals surface area contributed by atoms with Gasteiger partial charge in [0, 0.05) is 37.3 Å². The minimum Gasteiger partial charge on any atom is -0.311 e. The molecule has 0 saturated carbocycles. The molecule has 1 aliphatic rings. The normalized spacial score (nSPS) is 23.5. The number of rotatable bonds is 4. The van der Waals surface area contributed by atoms with Crippen LogP contribution in [0.1, 0.15) is 37.8 Å². The summed E-state index contributed by atoms with van der Waals surface area (Å²) in [7, 11) is 0. The third-order valence-corrected chi connectivity index (χ3v) is 4.15. The third kappa shape index (κ3) is 3.17. The van der Waals surface area contributed by atoms with Gasteiger partial charge in [-0.05, 0) is 18.9 Å². The minimum absolute atomic E-state index is 0.137. The Morgan fingerprint density at radius 1 is 1.40 bits per heavy atom. The zero-order valence-electron chi connectivity index (χ0n) is 12.2. The highest BCUT2D eigenvalue weighted by molar-refractivity contribution is 5.35. The maximum Gasteiger partial charge on any atom is 0.145 e. The van der Waals surface area contributed by atoms with Crippen molar-refractivity contribution in [1.82, 2.24) is 10.2 Å². The second-order valence-electron chi connectivity index (χ2n) is 5.40. The molecule has 2 unspecified atom stereocenters. The molecule has 0 amide bonds. The molecule has 1 heterocycles. The summed E-state index contributed by atoms with van der Waals surface area (Å²) in [5.74, 6) is -0.364. The highest BCUT2D eigenvalue weighted by atomic mass is 19.1. The van der Waals surface area contributed by atoms with Crippen molar-refractivity contribution in [3.8, 4) is 6.07 Å². The molecule has 1 aliphatic heterocycles. The van der Waals surface area contributed by atoms with Gasteiger partial charge in [-0.3, -0.25) is 4.90 Å². The highest BCUT2D eigenvalue weighted by Gasteiger charge is 2.26. The summed E-state index contributed by atoms with van der Waals surface area (Å²) in [4.78, 5) is 2.34.